The van der Waals surface area contributed by atoms with Crippen LogP contribution in [0.2, 0.25) is 0 Å². The number of allylic oxidation sites excluding steroid dienone is 2. The molecule has 2 unspecified atom stereocenters. The predicted octanol–water partition coefficient (Wildman–Crippen LogP) is 2.79. The largest absolute Gasteiger partial charge is 0.342 e. The number of carbonyl (C=O) groups excluding carboxylic acids is 1. The van der Waals surface area contributed by atoms with Gasteiger partial charge in [-0.2, -0.15) is 0 Å². The van der Waals surface area contributed by atoms with Crippen LogP contribution in [0.4, 0.5) is 0 Å². The minimum Gasteiger partial charge on any atom is -0.342 e. The quantitative estimate of drug-likeness (QED) is 0.819. The molecule has 0 saturated carbocycles. The van der Waals surface area contributed by atoms with Crippen molar-refractivity contribution in [1.82, 2.24) is 19.5 Å². The number of pyridine rings is 1. The van der Waals surface area contributed by atoms with Gasteiger partial charge in [-0.25, -0.2) is 0 Å². The van der Waals surface area contributed by atoms with Gasteiger partial charge in [0.25, 0.3) is 0 Å². The standard InChI is InChI=1S/C18H22N4O/c23-17(12-14-6-1-2-7-14)21-10-5-8-15(13-21)18-20-19-16-9-3-4-11-22(16)18/h1,3-4,6,9,11,14-15H,2,5,7-8,10,12-13H2. The average Bonchev–Trinajstić information content (AvgIpc) is 3.24. The first kappa shape index (κ1) is 14.4. The highest BCUT2D eigenvalue weighted by Crippen LogP contribution is 2.28. The highest BCUT2D eigenvalue weighted by molar-refractivity contribution is 5.77. The van der Waals surface area contributed by atoms with E-state index in [-0.39, 0.29) is 5.92 Å². The molecule has 1 amide bonds. The monoisotopic (exact) mass is 310 g/mol. The van der Waals surface area contributed by atoms with E-state index < -0.39 is 0 Å². The van der Waals surface area contributed by atoms with Crippen molar-refractivity contribution in [3.63, 3.8) is 0 Å². The van der Waals surface area contributed by atoms with Gasteiger partial charge in [0.1, 0.15) is 5.82 Å². The summed E-state index contributed by atoms with van der Waals surface area (Å²) in [5, 5.41) is 8.63. The molecular weight excluding hydrogens is 288 g/mol. The normalized spacial score (nSPS) is 24.4. The van der Waals surface area contributed by atoms with Crippen molar-refractivity contribution >= 4 is 11.6 Å². The molecule has 0 radical (unpaired) electrons. The summed E-state index contributed by atoms with van der Waals surface area (Å²) in [4.78, 5) is 14.6. The molecule has 2 aromatic heterocycles. The zero-order valence-electron chi connectivity index (χ0n) is 13.3. The first-order valence-electron chi connectivity index (χ1n) is 8.55. The van der Waals surface area contributed by atoms with Crippen LogP contribution >= 0.6 is 0 Å². The van der Waals surface area contributed by atoms with Gasteiger partial charge in [-0.1, -0.05) is 18.2 Å². The third-order valence-electron chi connectivity index (χ3n) is 5.03. The molecular formula is C18H22N4O. The number of hydrogen-bond acceptors (Lipinski definition) is 3. The Hall–Kier alpha value is -2.17. The summed E-state index contributed by atoms with van der Waals surface area (Å²) in [7, 11) is 0. The second kappa shape index (κ2) is 6.14. The van der Waals surface area contributed by atoms with Crippen LogP contribution in [0.15, 0.2) is 36.5 Å². The third kappa shape index (κ3) is 2.87. The van der Waals surface area contributed by atoms with E-state index in [4.69, 9.17) is 0 Å². The fraction of sp³-hybridized carbons (Fsp3) is 0.500. The third-order valence-corrected chi connectivity index (χ3v) is 5.03. The maximum absolute atomic E-state index is 12.6. The molecule has 2 atom stereocenters. The molecule has 2 aliphatic rings. The van der Waals surface area contributed by atoms with Gasteiger partial charge in [0.2, 0.25) is 5.91 Å². The Balaban J connectivity index is 1.48. The van der Waals surface area contributed by atoms with Crippen molar-refractivity contribution in [2.45, 2.75) is 38.0 Å². The molecule has 0 bridgehead atoms. The number of nitrogens with zero attached hydrogens (tertiary/aromatic N) is 4. The molecule has 23 heavy (non-hydrogen) atoms. The van der Waals surface area contributed by atoms with Crippen LogP contribution in [-0.4, -0.2) is 38.5 Å². The molecule has 0 aromatic carbocycles. The SMILES string of the molecule is O=C(CC1C=CCC1)N1CCCC(c2nnc3ccccn23)C1. The summed E-state index contributed by atoms with van der Waals surface area (Å²) < 4.78 is 2.05. The summed E-state index contributed by atoms with van der Waals surface area (Å²) in [5.74, 6) is 2.00. The average molecular weight is 310 g/mol. The van der Waals surface area contributed by atoms with E-state index in [1.807, 2.05) is 29.3 Å². The fourth-order valence-electron chi connectivity index (χ4n) is 3.77. The molecule has 0 spiro atoms. The minimum absolute atomic E-state index is 0.282. The Bertz CT molecular complexity index is 735. The van der Waals surface area contributed by atoms with Crippen LogP contribution in [0, 0.1) is 5.92 Å². The van der Waals surface area contributed by atoms with Gasteiger partial charge in [0, 0.05) is 31.6 Å². The molecule has 4 rings (SSSR count). The lowest BCUT2D eigenvalue weighted by molar-refractivity contribution is -0.133. The van der Waals surface area contributed by atoms with E-state index in [0.29, 0.717) is 18.2 Å². The number of amides is 1. The van der Waals surface area contributed by atoms with E-state index >= 15 is 0 Å². The minimum atomic E-state index is 0.282. The van der Waals surface area contributed by atoms with E-state index in [0.717, 1.165) is 50.2 Å². The Morgan fingerprint density at radius 1 is 1.26 bits per heavy atom. The lowest BCUT2D eigenvalue weighted by Crippen LogP contribution is -2.40. The van der Waals surface area contributed by atoms with Crippen molar-refractivity contribution in [2.75, 3.05) is 13.1 Å². The summed E-state index contributed by atoms with van der Waals surface area (Å²) in [5.41, 5.74) is 0.877. The molecule has 2 aromatic rings. The molecule has 1 fully saturated rings. The summed E-state index contributed by atoms with van der Waals surface area (Å²) in [6, 6.07) is 5.94. The Morgan fingerprint density at radius 3 is 3.09 bits per heavy atom. The summed E-state index contributed by atoms with van der Waals surface area (Å²) >= 11 is 0. The number of piperidine rings is 1. The fourth-order valence-corrected chi connectivity index (χ4v) is 3.77. The second-order valence-corrected chi connectivity index (χ2v) is 6.64. The van der Waals surface area contributed by atoms with Gasteiger partial charge < -0.3 is 4.90 Å². The molecule has 1 aliphatic heterocycles. The molecule has 5 nitrogen and oxygen atoms in total. The van der Waals surface area contributed by atoms with Crippen LogP contribution in [0.1, 0.15) is 43.8 Å². The van der Waals surface area contributed by atoms with Crippen molar-refractivity contribution in [1.29, 1.82) is 0 Å². The van der Waals surface area contributed by atoms with Gasteiger partial charge in [0.05, 0.1) is 0 Å². The molecule has 1 aliphatic carbocycles. The number of aromatic nitrogens is 3. The van der Waals surface area contributed by atoms with Crippen molar-refractivity contribution in [2.24, 2.45) is 5.92 Å². The maximum Gasteiger partial charge on any atom is 0.223 e. The zero-order valence-corrected chi connectivity index (χ0v) is 13.3. The van der Waals surface area contributed by atoms with Crippen LogP contribution < -0.4 is 0 Å². The Labute approximate surface area is 136 Å². The lowest BCUT2D eigenvalue weighted by atomic mass is 9.96. The Kier molecular flexibility index (Phi) is 3.85. The van der Waals surface area contributed by atoms with Gasteiger partial charge in [-0.15, -0.1) is 10.2 Å². The number of likely N-dealkylation sites (tertiary alicyclic amines) is 1. The van der Waals surface area contributed by atoms with E-state index in [9.17, 15) is 4.79 Å². The van der Waals surface area contributed by atoms with Crippen molar-refractivity contribution in [3.8, 4) is 0 Å². The van der Waals surface area contributed by atoms with Crippen LogP contribution in [0.3, 0.4) is 0 Å². The zero-order chi connectivity index (χ0) is 15.6. The smallest absolute Gasteiger partial charge is 0.223 e. The van der Waals surface area contributed by atoms with E-state index in [1.165, 1.54) is 0 Å². The van der Waals surface area contributed by atoms with Gasteiger partial charge in [-0.05, 0) is 43.7 Å². The van der Waals surface area contributed by atoms with Gasteiger partial charge >= 0.3 is 0 Å². The first-order valence-corrected chi connectivity index (χ1v) is 8.55. The van der Waals surface area contributed by atoms with E-state index in [1.54, 1.807) is 0 Å². The van der Waals surface area contributed by atoms with Gasteiger partial charge in [0.15, 0.2) is 5.65 Å². The van der Waals surface area contributed by atoms with E-state index in [2.05, 4.69) is 26.8 Å². The second-order valence-electron chi connectivity index (χ2n) is 6.64. The van der Waals surface area contributed by atoms with Crippen molar-refractivity contribution < 1.29 is 4.79 Å². The van der Waals surface area contributed by atoms with Crippen LogP contribution in [0.5, 0.6) is 0 Å². The highest BCUT2D eigenvalue weighted by Gasteiger charge is 2.28. The molecule has 0 N–H and O–H groups in total. The molecule has 1 saturated heterocycles. The number of hydrogen-bond donors (Lipinski definition) is 0. The maximum atomic E-state index is 12.6. The van der Waals surface area contributed by atoms with Gasteiger partial charge in [-0.3, -0.25) is 9.20 Å². The number of fused-ring (bicyclic) bond motifs is 1. The Morgan fingerprint density at radius 2 is 2.22 bits per heavy atom. The summed E-state index contributed by atoms with van der Waals surface area (Å²) in [6.07, 6.45) is 11.4. The van der Waals surface area contributed by atoms with Crippen LogP contribution in [0.25, 0.3) is 5.65 Å². The lowest BCUT2D eigenvalue weighted by Gasteiger charge is -2.32. The summed E-state index contributed by atoms with van der Waals surface area (Å²) in [6.45, 7) is 1.65. The van der Waals surface area contributed by atoms with Crippen LogP contribution in [-0.2, 0) is 4.79 Å². The number of carbonyl (C=O) groups is 1. The molecule has 3 heterocycles. The highest BCUT2D eigenvalue weighted by atomic mass is 16.2. The molecule has 5 heteroatoms. The predicted molar refractivity (Wildman–Crippen MR) is 88.0 cm³/mol. The first-order chi connectivity index (χ1) is 11.3. The topological polar surface area (TPSA) is 50.5 Å². The van der Waals surface area contributed by atoms with Crippen molar-refractivity contribution in [3.05, 3.63) is 42.4 Å². The molecule has 120 valence electrons. The number of rotatable bonds is 3.